The van der Waals surface area contributed by atoms with Crippen molar-refractivity contribution in [3.63, 3.8) is 0 Å². The molecule has 25 heavy (non-hydrogen) atoms. The van der Waals surface area contributed by atoms with Crippen LogP contribution in [0, 0.1) is 13.8 Å². The van der Waals surface area contributed by atoms with Gasteiger partial charge in [0.05, 0.1) is 19.3 Å². The van der Waals surface area contributed by atoms with Crippen molar-refractivity contribution < 1.29 is 13.9 Å². The monoisotopic (exact) mass is 345 g/mol. The molecule has 1 heterocycles. The Labute approximate surface area is 146 Å². The van der Waals surface area contributed by atoms with Gasteiger partial charge in [-0.2, -0.15) is 0 Å². The van der Waals surface area contributed by atoms with Crippen LogP contribution in [0.2, 0.25) is 0 Å². The van der Waals surface area contributed by atoms with Gasteiger partial charge in [-0.1, -0.05) is 12.1 Å². The lowest BCUT2D eigenvalue weighted by atomic mass is 10.2. The van der Waals surface area contributed by atoms with Gasteiger partial charge in [0.2, 0.25) is 5.89 Å². The molecule has 1 aromatic heterocycles. The summed E-state index contributed by atoms with van der Waals surface area (Å²) in [5, 5.41) is 8.96. The maximum atomic E-state index is 11.1. The molecule has 0 atom stereocenters. The van der Waals surface area contributed by atoms with E-state index in [1.807, 2.05) is 38.1 Å². The number of nitrogens with one attached hydrogen (secondary N) is 3. The van der Waals surface area contributed by atoms with Gasteiger partial charge in [-0.3, -0.25) is 10.3 Å². The highest BCUT2D eigenvalue weighted by atomic mass is 16.5. The third kappa shape index (κ3) is 5.52. The van der Waals surface area contributed by atoms with E-state index in [1.165, 1.54) is 7.11 Å². The number of aryl methyl sites for hydroxylation is 2. The minimum Gasteiger partial charge on any atom is -0.453 e. The molecule has 0 fully saturated rings. The van der Waals surface area contributed by atoms with Crippen LogP contribution in [0.4, 0.5) is 10.5 Å². The Hall–Kier alpha value is -3.03. The molecule has 0 spiro atoms. The molecule has 1 amide bonds. The molecule has 8 nitrogen and oxygen atoms in total. The Kier molecular flexibility index (Phi) is 6.39. The minimum atomic E-state index is -0.493. The first-order valence-electron chi connectivity index (χ1n) is 7.83. The van der Waals surface area contributed by atoms with Gasteiger partial charge in [0.15, 0.2) is 5.96 Å². The van der Waals surface area contributed by atoms with Crippen molar-refractivity contribution in [1.82, 2.24) is 15.6 Å². The molecule has 8 heteroatoms. The van der Waals surface area contributed by atoms with Gasteiger partial charge < -0.3 is 19.8 Å². The van der Waals surface area contributed by atoms with Gasteiger partial charge in [-0.25, -0.2) is 9.78 Å². The number of anilines is 1. The van der Waals surface area contributed by atoms with E-state index in [-0.39, 0.29) is 0 Å². The Morgan fingerprint density at radius 1 is 1.20 bits per heavy atom. The van der Waals surface area contributed by atoms with Crippen LogP contribution in [-0.4, -0.2) is 31.2 Å². The molecule has 2 aromatic rings. The number of carbonyl (C=O) groups is 1. The fourth-order valence-electron chi connectivity index (χ4n) is 2.06. The van der Waals surface area contributed by atoms with Crippen molar-refractivity contribution in [2.24, 2.45) is 4.99 Å². The highest BCUT2D eigenvalue weighted by molar-refractivity contribution is 5.84. The number of benzene rings is 1. The predicted octanol–water partition coefficient (Wildman–Crippen LogP) is 2.33. The number of hydrogen-bond acceptors (Lipinski definition) is 5. The minimum absolute atomic E-state index is 0.455. The van der Waals surface area contributed by atoms with Gasteiger partial charge in [-0.15, -0.1) is 0 Å². The van der Waals surface area contributed by atoms with Crippen LogP contribution in [0.15, 0.2) is 33.7 Å². The van der Waals surface area contributed by atoms with Crippen LogP contribution >= 0.6 is 0 Å². The molecular formula is C17H23N5O3. The van der Waals surface area contributed by atoms with Crippen LogP contribution in [0.3, 0.4) is 0 Å². The normalized spacial score (nSPS) is 11.1. The summed E-state index contributed by atoms with van der Waals surface area (Å²) >= 11 is 0. The zero-order valence-corrected chi connectivity index (χ0v) is 14.8. The van der Waals surface area contributed by atoms with Crippen LogP contribution in [0.5, 0.6) is 0 Å². The number of rotatable bonds is 5. The Balaban J connectivity index is 1.82. The lowest BCUT2D eigenvalue weighted by Crippen LogP contribution is -2.36. The van der Waals surface area contributed by atoms with Gasteiger partial charge in [0, 0.05) is 19.3 Å². The van der Waals surface area contributed by atoms with E-state index in [0.717, 1.165) is 17.0 Å². The van der Waals surface area contributed by atoms with Gasteiger partial charge >= 0.3 is 6.09 Å². The number of aliphatic imine (C=N–C) groups is 1. The lowest BCUT2D eigenvalue weighted by molar-refractivity contribution is 0.187. The average molecular weight is 345 g/mol. The summed E-state index contributed by atoms with van der Waals surface area (Å²) in [4.78, 5) is 19.6. The summed E-state index contributed by atoms with van der Waals surface area (Å²) in [5.74, 6) is 2.09. The van der Waals surface area contributed by atoms with E-state index in [9.17, 15) is 4.79 Å². The Bertz CT molecular complexity index is 718. The summed E-state index contributed by atoms with van der Waals surface area (Å²) in [7, 11) is 3.03. The smallest absolute Gasteiger partial charge is 0.411 e. The Morgan fingerprint density at radius 2 is 1.88 bits per heavy atom. The first kappa shape index (κ1) is 18.3. The molecular weight excluding hydrogens is 322 g/mol. The number of guanidine groups is 1. The number of hydrogen-bond donors (Lipinski definition) is 3. The number of ether oxygens (including phenoxy) is 1. The van der Waals surface area contributed by atoms with Crippen molar-refractivity contribution in [2.45, 2.75) is 26.9 Å². The van der Waals surface area contributed by atoms with Crippen LogP contribution in [0.25, 0.3) is 0 Å². The van der Waals surface area contributed by atoms with Crippen molar-refractivity contribution in [2.75, 3.05) is 19.5 Å². The first-order chi connectivity index (χ1) is 12.0. The van der Waals surface area contributed by atoms with Crippen molar-refractivity contribution in [3.8, 4) is 0 Å². The zero-order chi connectivity index (χ0) is 18.2. The highest BCUT2D eigenvalue weighted by Crippen LogP contribution is 2.10. The molecule has 1 aromatic carbocycles. The number of nitrogens with zero attached hydrogens (tertiary/aromatic N) is 2. The second-order valence-electron chi connectivity index (χ2n) is 5.34. The largest absolute Gasteiger partial charge is 0.453 e. The molecule has 0 aliphatic heterocycles. The SMILES string of the molecule is CN=C(NCc1ccc(NC(=O)OC)cc1)NCc1nc(C)c(C)o1. The number of amides is 1. The maximum Gasteiger partial charge on any atom is 0.411 e. The van der Waals surface area contributed by atoms with E-state index in [2.05, 4.69) is 30.7 Å². The molecule has 0 bridgehead atoms. The van der Waals surface area contributed by atoms with Crippen LogP contribution < -0.4 is 16.0 Å². The zero-order valence-electron chi connectivity index (χ0n) is 14.8. The summed E-state index contributed by atoms with van der Waals surface area (Å²) in [6, 6.07) is 7.43. The topological polar surface area (TPSA) is 101 Å². The fourth-order valence-corrected chi connectivity index (χ4v) is 2.06. The van der Waals surface area contributed by atoms with Crippen molar-refractivity contribution in [3.05, 3.63) is 47.2 Å². The van der Waals surface area contributed by atoms with Crippen LogP contribution in [0.1, 0.15) is 22.9 Å². The van der Waals surface area contributed by atoms with Crippen molar-refractivity contribution >= 4 is 17.7 Å². The quantitative estimate of drug-likeness (QED) is 0.568. The van der Waals surface area contributed by atoms with Crippen molar-refractivity contribution in [1.29, 1.82) is 0 Å². The number of aromatic nitrogens is 1. The molecule has 0 radical (unpaired) electrons. The summed E-state index contributed by atoms with van der Waals surface area (Å²) in [6.07, 6.45) is -0.493. The highest BCUT2D eigenvalue weighted by Gasteiger charge is 2.06. The Morgan fingerprint density at radius 3 is 2.44 bits per heavy atom. The summed E-state index contributed by atoms with van der Waals surface area (Å²) < 4.78 is 10.1. The number of methoxy groups -OCH3 is 1. The number of oxazole rings is 1. The second-order valence-corrected chi connectivity index (χ2v) is 5.34. The maximum absolute atomic E-state index is 11.1. The van der Waals surface area contributed by atoms with E-state index in [4.69, 9.17) is 4.42 Å². The third-order valence-electron chi connectivity index (χ3n) is 3.55. The summed E-state index contributed by atoms with van der Waals surface area (Å²) in [5.41, 5.74) is 2.61. The van der Waals surface area contributed by atoms with E-state index in [1.54, 1.807) is 7.05 Å². The standard InChI is InChI=1S/C17H23N5O3/c1-11-12(2)25-15(21-11)10-20-16(18-3)19-9-13-5-7-14(8-6-13)22-17(23)24-4/h5-8H,9-10H2,1-4H3,(H,22,23)(H2,18,19,20). The lowest BCUT2D eigenvalue weighted by Gasteiger charge is -2.11. The molecule has 0 saturated heterocycles. The average Bonchev–Trinajstić information content (AvgIpc) is 2.94. The summed E-state index contributed by atoms with van der Waals surface area (Å²) in [6.45, 7) is 4.84. The third-order valence-corrected chi connectivity index (χ3v) is 3.55. The predicted molar refractivity (Wildman–Crippen MR) is 95.5 cm³/mol. The molecule has 134 valence electrons. The fraction of sp³-hybridized carbons (Fsp3) is 0.353. The van der Waals surface area contributed by atoms with E-state index < -0.39 is 6.09 Å². The molecule has 0 unspecified atom stereocenters. The van der Waals surface area contributed by atoms with Crippen LogP contribution in [-0.2, 0) is 17.8 Å². The first-order valence-corrected chi connectivity index (χ1v) is 7.83. The van der Waals surface area contributed by atoms with E-state index >= 15 is 0 Å². The molecule has 2 rings (SSSR count). The molecule has 0 aliphatic rings. The van der Waals surface area contributed by atoms with E-state index in [0.29, 0.717) is 30.6 Å². The van der Waals surface area contributed by atoms with Gasteiger partial charge in [0.25, 0.3) is 0 Å². The molecule has 0 aliphatic carbocycles. The molecule has 0 saturated carbocycles. The van der Waals surface area contributed by atoms with Gasteiger partial charge in [-0.05, 0) is 31.5 Å². The second kappa shape index (κ2) is 8.72. The van der Waals surface area contributed by atoms with Gasteiger partial charge in [0.1, 0.15) is 5.76 Å². The molecule has 3 N–H and O–H groups in total. The number of carbonyl (C=O) groups excluding carboxylic acids is 1.